The van der Waals surface area contributed by atoms with Gasteiger partial charge >= 0.3 is 0 Å². The topological polar surface area (TPSA) is 13.7 Å². The van der Waals surface area contributed by atoms with Crippen LogP contribution in [-0.4, -0.2) is 27.2 Å². The molecule has 0 spiro atoms. The second kappa shape index (κ2) is 5.59. The molecular weight excluding hydrogens is 265 g/mol. The Balaban J connectivity index is 2.51. The molecule has 2 nitrogen and oxygen atoms in total. The molecule has 1 aromatic rings. The minimum atomic E-state index is 0.711. The van der Waals surface area contributed by atoms with Crippen molar-refractivity contribution in [2.24, 2.45) is 0 Å². The molecule has 4 heteroatoms. The normalized spacial score (nSPS) is 10.6. The third-order valence-electron chi connectivity index (χ3n) is 1.75. The van der Waals surface area contributed by atoms with Crippen LogP contribution >= 0.6 is 27.5 Å². The van der Waals surface area contributed by atoms with Gasteiger partial charge in [0.2, 0.25) is 0 Å². The first-order valence-electron chi connectivity index (χ1n) is 4.46. The highest BCUT2D eigenvalue weighted by Gasteiger charge is 2.02. The van der Waals surface area contributed by atoms with Gasteiger partial charge in [-0.2, -0.15) is 0 Å². The molecule has 0 fully saturated rings. The Morgan fingerprint density at radius 1 is 1.43 bits per heavy atom. The van der Waals surface area contributed by atoms with E-state index in [1.807, 2.05) is 18.2 Å². The Hall–Kier alpha value is -0.250. The second-order valence-corrected chi connectivity index (χ2v) is 4.67. The molecule has 0 atom stereocenters. The van der Waals surface area contributed by atoms with Crippen molar-refractivity contribution in [2.45, 2.75) is 0 Å². The van der Waals surface area contributed by atoms with Crippen molar-refractivity contribution in [3.63, 3.8) is 0 Å². The molecule has 0 bridgehead atoms. The molecule has 0 aromatic heterocycles. The molecular formula is C10H14BrClNO+. The fourth-order valence-electron chi connectivity index (χ4n) is 0.957. The lowest BCUT2D eigenvalue weighted by molar-refractivity contribution is -0.858. The number of ether oxygens (including phenoxy) is 1. The highest BCUT2D eigenvalue weighted by atomic mass is 79.9. The first-order valence-corrected chi connectivity index (χ1v) is 5.63. The van der Waals surface area contributed by atoms with Crippen molar-refractivity contribution in [1.82, 2.24) is 0 Å². The summed E-state index contributed by atoms with van der Waals surface area (Å²) in [6.45, 7) is 1.69. The molecule has 0 aliphatic heterocycles. The summed E-state index contributed by atoms with van der Waals surface area (Å²) in [4.78, 5) is 1.37. The van der Waals surface area contributed by atoms with Gasteiger partial charge in [0.05, 0.1) is 18.6 Å². The molecule has 0 aliphatic carbocycles. The van der Waals surface area contributed by atoms with E-state index < -0.39 is 0 Å². The van der Waals surface area contributed by atoms with E-state index in [1.54, 1.807) is 0 Å². The van der Waals surface area contributed by atoms with Crippen LogP contribution in [0.4, 0.5) is 0 Å². The lowest BCUT2D eigenvalue weighted by Gasteiger charge is -2.10. The minimum Gasteiger partial charge on any atom is -0.487 e. The molecule has 14 heavy (non-hydrogen) atoms. The highest BCUT2D eigenvalue weighted by Crippen LogP contribution is 2.27. The largest absolute Gasteiger partial charge is 0.487 e. The number of nitrogens with one attached hydrogen (secondary N) is 1. The monoisotopic (exact) mass is 278 g/mol. The van der Waals surface area contributed by atoms with Crippen molar-refractivity contribution in [3.8, 4) is 5.75 Å². The molecule has 0 aliphatic rings. The van der Waals surface area contributed by atoms with Gasteiger partial charge in [-0.05, 0) is 34.1 Å². The summed E-state index contributed by atoms with van der Waals surface area (Å²) in [5, 5.41) is 0.711. The second-order valence-electron chi connectivity index (χ2n) is 3.38. The molecule has 78 valence electrons. The highest BCUT2D eigenvalue weighted by molar-refractivity contribution is 9.10. The number of rotatable bonds is 4. The van der Waals surface area contributed by atoms with E-state index in [-0.39, 0.29) is 0 Å². The van der Waals surface area contributed by atoms with Crippen LogP contribution in [0.3, 0.4) is 0 Å². The van der Waals surface area contributed by atoms with Crippen molar-refractivity contribution in [2.75, 3.05) is 27.2 Å². The summed E-state index contributed by atoms with van der Waals surface area (Å²) in [5.74, 6) is 0.843. The maximum atomic E-state index is 5.81. The quantitative estimate of drug-likeness (QED) is 0.884. The summed E-state index contributed by atoms with van der Waals surface area (Å²) in [5.41, 5.74) is 0. The van der Waals surface area contributed by atoms with Crippen LogP contribution in [0.15, 0.2) is 22.7 Å². The van der Waals surface area contributed by atoms with Crippen molar-refractivity contribution < 1.29 is 9.64 Å². The van der Waals surface area contributed by atoms with Gasteiger partial charge in [0.25, 0.3) is 0 Å². The molecule has 0 saturated carbocycles. The van der Waals surface area contributed by atoms with Gasteiger partial charge in [-0.15, -0.1) is 0 Å². The fourth-order valence-corrected chi connectivity index (χ4v) is 1.75. The van der Waals surface area contributed by atoms with Gasteiger partial charge in [0, 0.05) is 5.02 Å². The number of halogens is 2. The Morgan fingerprint density at radius 3 is 2.71 bits per heavy atom. The van der Waals surface area contributed by atoms with E-state index in [0.29, 0.717) is 11.6 Å². The fraction of sp³-hybridized carbons (Fsp3) is 0.400. The maximum Gasteiger partial charge on any atom is 0.137 e. The maximum absolute atomic E-state index is 5.81. The number of hydrogen-bond donors (Lipinski definition) is 1. The Morgan fingerprint density at radius 2 is 2.14 bits per heavy atom. The molecule has 1 aromatic carbocycles. The predicted molar refractivity (Wildman–Crippen MR) is 62.3 cm³/mol. The Kier molecular flexibility index (Phi) is 4.72. The van der Waals surface area contributed by atoms with Crippen LogP contribution in [-0.2, 0) is 0 Å². The minimum absolute atomic E-state index is 0.711. The van der Waals surface area contributed by atoms with Crippen LogP contribution in [0.1, 0.15) is 0 Å². The van der Waals surface area contributed by atoms with Crippen LogP contribution in [0.5, 0.6) is 5.75 Å². The van der Waals surface area contributed by atoms with Crippen molar-refractivity contribution in [1.29, 1.82) is 0 Å². The first-order chi connectivity index (χ1) is 6.59. The molecule has 1 N–H and O–H groups in total. The number of benzene rings is 1. The van der Waals surface area contributed by atoms with Gasteiger partial charge in [0.1, 0.15) is 18.9 Å². The summed E-state index contributed by atoms with van der Waals surface area (Å²) < 4.78 is 6.48. The van der Waals surface area contributed by atoms with Crippen molar-refractivity contribution in [3.05, 3.63) is 27.7 Å². The smallest absolute Gasteiger partial charge is 0.137 e. The van der Waals surface area contributed by atoms with Gasteiger partial charge in [-0.25, -0.2) is 0 Å². The Bertz CT molecular complexity index is 304. The van der Waals surface area contributed by atoms with Crippen LogP contribution in [0.2, 0.25) is 5.02 Å². The van der Waals surface area contributed by atoms with Crippen molar-refractivity contribution >= 4 is 27.5 Å². The van der Waals surface area contributed by atoms with E-state index in [9.17, 15) is 0 Å². The number of likely N-dealkylation sites (N-methyl/N-ethyl adjacent to an activating group) is 1. The van der Waals surface area contributed by atoms with E-state index in [2.05, 4.69) is 30.0 Å². The van der Waals surface area contributed by atoms with Gasteiger partial charge < -0.3 is 9.64 Å². The van der Waals surface area contributed by atoms with Crippen LogP contribution in [0.25, 0.3) is 0 Å². The lowest BCUT2D eigenvalue weighted by Crippen LogP contribution is -3.06. The van der Waals surface area contributed by atoms with Gasteiger partial charge in [0.15, 0.2) is 0 Å². The zero-order valence-corrected chi connectivity index (χ0v) is 10.7. The zero-order valence-electron chi connectivity index (χ0n) is 8.31. The van der Waals surface area contributed by atoms with Gasteiger partial charge in [-0.3, -0.25) is 0 Å². The molecule has 0 radical (unpaired) electrons. The third-order valence-corrected chi connectivity index (χ3v) is 2.61. The number of quaternary nitrogens is 1. The van der Waals surface area contributed by atoms with Gasteiger partial charge in [-0.1, -0.05) is 11.6 Å². The SMILES string of the molecule is C[NH+](C)CCOc1ccc(Cl)cc1Br. The number of hydrogen-bond acceptors (Lipinski definition) is 1. The summed E-state index contributed by atoms with van der Waals surface area (Å²) in [6, 6.07) is 5.53. The standard InChI is InChI=1S/C10H13BrClNO/c1-13(2)5-6-14-10-4-3-8(12)7-9(10)11/h3-4,7H,5-6H2,1-2H3/p+1. The van der Waals surface area contributed by atoms with E-state index in [1.165, 1.54) is 4.90 Å². The summed E-state index contributed by atoms with van der Waals surface area (Å²) in [7, 11) is 4.19. The first kappa shape index (κ1) is 11.8. The van der Waals surface area contributed by atoms with E-state index in [0.717, 1.165) is 16.8 Å². The average Bonchev–Trinajstić information content (AvgIpc) is 2.08. The molecule has 1 rings (SSSR count). The van der Waals surface area contributed by atoms with Crippen LogP contribution in [0, 0.1) is 0 Å². The summed E-state index contributed by atoms with van der Waals surface area (Å²) in [6.07, 6.45) is 0. The average molecular weight is 280 g/mol. The molecule has 0 unspecified atom stereocenters. The lowest BCUT2D eigenvalue weighted by atomic mass is 10.3. The molecule has 0 amide bonds. The Labute approximate surface area is 97.9 Å². The van der Waals surface area contributed by atoms with E-state index >= 15 is 0 Å². The third kappa shape index (κ3) is 3.86. The van der Waals surface area contributed by atoms with Crippen LogP contribution < -0.4 is 9.64 Å². The summed E-state index contributed by atoms with van der Waals surface area (Å²) >= 11 is 9.21. The zero-order chi connectivity index (χ0) is 10.6. The predicted octanol–water partition coefficient (Wildman–Crippen LogP) is 1.63. The van der Waals surface area contributed by atoms with E-state index in [4.69, 9.17) is 16.3 Å². The molecule has 0 saturated heterocycles. The molecule has 0 heterocycles.